The van der Waals surface area contributed by atoms with E-state index in [-0.39, 0.29) is 120 Å². The van der Waals surface area contributed by atoms with Gasteiger partial charge in [0.25, 0.3) is 0 Å². The molecule has 32 nitrogen and oxygen atoms in total. The number of ketones is 4. The number of aliphatic carboxylic acids is 1. The van der Waals surface area contributed by atoms with Crippen LogP contribution in [0, 0.1) is 13.8 Å². The number of hydrogen-bond donors (Lipinski definition) is 4. The van der Waals surface area contributed by atoms with E-state index in [4.69, 9.17) is 23.9 Å². The number of likely N-dealkylation sites (tertiary alicyclic amines) is 1. The Bertz CT molecular complexity index is 7040. The molecule has 14 aromatic rings. The molecule has 2 atom stereocenters. The molecule has 9 aromatic heterocycles. The number of nitrogens with one attached hydrogen (secondary N) is 3. The molecular weight excluding hydrogens is 2140 g/mol. The number of nitrogens with zero attached hydrogens (tertiary/aromatic N) is 14. The van der Waals surface area contributed by atoms with Crippen LogP contribution >= 0.6 is 41.8 Å². The molecule has 0 unspecified atom stereocenters. The summed E-state index contributed by atoms with van der Waals surface area (Å²) in [5.74, 6) is -2.48. The van der Waals surface area contributed by atoms with Crippen molar-refractivity contribution < 1.29 is 71.8 Å². The van der Waals surface area contributed by atoms with Crippen LogP contribution < -0.4 is 21.4 Å². The predicted octanol–water partition coefficient (Wildman–Crippen LogP) is 17.1. The zero-order valence-electron chi connectivity index (χ0n) is 81.5. The van der Waals surface area contributed by atoms with E-state index in [0.29, 0.717) is 79.5 Å². The van der Waals surface area contributed by atoms with Gasteiger partial charge in [0.1, 0.15) is 72.0 Å². The van der Waals surface area contributed by atoms with Crippen molar-refractivity contribution in [3.63, 3.8) is 0 Å². The highest BCUT2D eigenvalue weighted by Gasteiger charge is 2.52. The highest BCUT2D eigenvalue weighted by Crippen LogP contribution is 2.38. The van der Waals surface area contributed by atoms with E-state index >= 15 is 0 Å². The predicted molar refractivity (Wildman–Crippen MR) is 607 cm³/mol. The Labute approximate surface area is 908 Å². The molecule has 4 N–H and O–H groups in total. The van der Waals surface area contributed by atoms with Gasteiger partial charge in [-0.25, -0.2) is 4.98 Å². The fraction of sp³-hybridized carbons (Fsp3) is 0.317. The van der Waals surface area contributed by atoms with Crippen LogP contribution in [0.4, 0.5) is 11.5 Å². The van der Waals surface area contributed by atoms with E-state index < -0.39 is 53.5 Å². The second kappa shape index (κ2) is 58.1. The average molecular weight is 2250 g/mol. The van der Waals surface area contributed by atoms with E-state index in [2.05, 4.69) is 144 Å². The van der Waals surface area contributed by atoms with E-state index in [9.17, 15) is 47.9 Å². The van der Waals surface area contributed by atoms with E-state index in [1.54, 1.807) is 61.7 Å². The van der Waals surface area contributed by atoms with Gasteiger partial charge in [-0.1, -0.05) is 81.6 Å². The number of benzene rings is 5. The largest absolute Gasteiger partial charge is 0.494 e. The van der Waals surface area contributed by atoms with Gasteiger partial charge in [-0.15, -0.1) is 12.4 Å². The minimum absolute atomic E-state index is 0. The number of hydrogen-bond acceptors (Lipinski definition) is 30. The van der Waals surface area contributed by atoms with Gasteiger partial charge >= 0.3 is 25.0 Å². The van der Waals surface area contributed by atoms with Gasteiger partial charge < -0.3 is 44.7 Å². The third-order valence-corrected chi connectivity index (χ3v) is 24.4. The number of fused-ring (bicyclic) bond motifs is 4. The van der Waals surface area contributed by atoms with Crippen LogP contribution in [-0.2, 0) is 167 Å². The van der Waals surface area contributed by atoms with Crippen molar-refractivity contribution in [2.75, 3.05) is 23.7 Å². The Morgan fingerprint density at radius 1 is 0.500 bits per heavy atom. The van der Waals surface area contributed by atoms with Gasteiger partial charge in [-0.05, 0) is 243 Å². The second-order valence-electron chi connectivity index (χ2n) is 35.2. The van der Waals surface area contributed by atoms with Crippen LogP contribution in [0.25, 0.3) is 77.0 Å². The molecule has 3 aliphatic heterocycles. The number of rotatable bonds is 20. The molecule has 3 aliphatic rings. The maximum absolute atomic E-state index is 13.1. The smallest absolute Gasteiger partial charge is 0.480 e. The molecule has 0 spiro atoms. The van der Waals surface area contributed by atoms with Crippen molar-refractivity contribution in [2.45, 2.75) is 199 Å². The van der Waals surface area contributed by atoms with Crippen molar-refractivity contribution in [1.82, 2.24) is 74.3 Å². The molecular formula is C101H116BBrClN17O15S10. The molecule has 0 bridgehead atoms. The second-order valence-corrected chi connectivity index (χ2v) is 41.4. The Kier molecular flexibility index (Phi) is 49.7. The summed E-state index contributed by atoms with van der Waals surface area (Å²) in [5.41, 5.74) is 11.0. The molecule has 17 rings (SSSR count). The fourth-order valence-electron chi connectivity index (χ4n) is 14.4. The first-order chi connectivity index (χ1) is 67.4. The fourth-order valence-corrected chi connectivity index (χ4v) is 14.7. The standard InChI is InChI=1S/C26H24N6O3.C21H29BN2O5.C20H21N3O3.C16H13N3O3.C11H14N2O.C5H4BrN.2CH4.ClH.S4.S3.S2.H2S/c1-16-5-3-7-23(28-16)29-26(35)22-10-12-31(22)24(34)15-32-21-9-8-18(19-6-4-11-27-14-19)13-20(21)25(30-32)17(2)33;1-13(25)18-15-11-14(22-28-20(5,6)21(7,8)29-22)9-10-16(15)24(23-18)12-17(26)27-19(2,3)4;1-13(24)19-16-10-14(15-6-5-9-21-11-15)7-8-17(16)23(22-19)12-18(25)26-20(2,3)4;1-10(20)16-13-7-11(12-3-2-6-17-8-12)4-5-14(13)19(18-16)9-15(21)22;1-8-3-2-4-9(7-8)13-11(14)10-5-6-12-10;6-5-2-1-3-7-4-5;;;;1-3-4-2;1-3-2;1-2;/h3-9,11,13-14,22H,10,12,15H2,1-2H3,(H,28,29,35);9-11H,12H2,1-8H3;5-11H,12H2,1-4H3;2-8H,9H2,1H3,(H,21,22);2-4,7,10,12H,5-6H2,1H3,(H,13,14);1-4H;2*1H4;1H;;;;1H2/t22-;;;;10-;;;;;;;;/m0...0......../s1. The summed E-state index contributed by atoms with van der Waals surface area (Å²) in [6, 6.07) is 50.2. The van der Waals surface area contributed by atoms with Crippen molar-refractivity contribution in [2.24, 2.45) is 0 Å². The number of carbonyl (C=O) groups excluding carboxylic acids is 9. The summed E-state index contributed by atoms with van der Waals surface area (Å²) in [7, 11) is 2.72. The summed E-state index contributed by atoms with van der Waals surface area (Å²) >= 11 is 27.5. The van der Waals surface area contributed by atoms with Crippen LogP contribution in [0.3, 0.4) is 0 Å². The van der Waals surface area contributed by atoms with Gasteiger partial charge in [-0.3, -0.25) is 86.6 Å². The van der Waals surface area contributed by atoms with Crippen LogP contribution in [0.1, 0.15) is 178 Å². The summed E-state index contributed by atoms with van der Waals surface area (Å²) in [6.45, 7) is 29.5. The molecule has 0 aliphatic carbocycles. The molecule has 146 heavy (non-hydrogen) atoms. The van der Waals surface area contributed by atoms with E-state index in [1.165, 1.54) is 69.1 Å². The zero-order valence-corrected chi connectivity index (χ0v) is 92.2. The molecule has 0 saturated carbocycles. The van der Waals surface area contributed by atoms with Crippen LogP contribution in [0.2, 0.25) is 0 Å². The van der Waals surface area contributed by atoms with Gasteiger partial charge in [-0.2, -0.15) is 33.9 Å². The molecule has 5 aromatic carbocycles. The number of pyridine rings is 5. The summed E-state index contributed by atoms with van der Waals surface area (Å²) in [5, 5.41) is 37.7. The first-order valence-electron chi connectivity index (χ1n) is 44.0. The number of carboxylic acids is 1. The molecule has 772 valence electrons. The van der Waals surface area contributed by atoms with Crippen LogP contribution in [-0.4, -0.2) is 188 Å². The lowest BCUT2D eigenvalue weighted by atomic mass is 9.78. The number of halogens is 2. The number of carboxylic acid groups (broad SMARTS) is 1. The first-order valence-corrected chi connectivity index (χ1v) is 52.8. The number of aryl methyl sites for hydroxylation is 2. The molecule has 3 amide bonds. The van der Waals surface area contributed by atoms with Crippen LogP contribution in [0.15, 0.2) is 218 Å². The van der Waals surface area contributed by atoms with Gasteiger partial charge in [0, 0.05) is 232 Å². The lowest BCUT2D eigenvalue weighted by Gasteiger charge is -2.39. The normalized spacial score (nSPS) is 13.5. The molecule has 3 fully saturated rings. The zero-order chi connectivity index (χ0) is 104. The number of anilines is 2. The maximum atomic E-state index is 13.1. The third-order valence-electron chi connectivity index (χ3n) is 21.7. The summed E-state index contributed by atoms with van der Waals surface area (Å²) < 4.78 is 29.9. The highest BCUT2D eigenvalue weighted by atomic mass is 79.9. The average Bonchev–Trinajstić information content (AvgIpc) is 1.64. The topological polar surface area (TPSA) is 403 Å². The number of aromatic nitrogens is 13. The number of carbonyl (C=O) groups is 10. The maximum Gasteiger partial charge on any atom is 0.494 e. The Hall–Kier alpha value is -11.7. The van der Waals surface area contributed by atoms with E-state index in [0.717, 1.165) is 82.1 Å². The highest BCUT2D eigenvalue weighted by molar-refractivity contribution is 9.10. The van der Waals surface area contributed by atoms with E-state index in [1.807, 2.05) is 235 Å². The van der Waals surface area contributed by atoms with Crippen molar-refractivity contribution in [3.8, 4) is 33.4 Å². The monoisotopic (exact) mass is 2250 g/mol. The number of amides is 3. The minimum Gasteiger partial charge on any atom is -0.480 e. The van der Waals surface area contributed by atoms with Crippen molar-refractivity contribution in [3.05, 3.63) is 252 Å². The minimum atomic E-state index is -1.00. The summed E-state index contributed by atoms with van der Waals surface area (Å²) in [6.07, 6.45) is 15.4. The summed E-state index contributed by atoms with van der Waals surface area (Å²) in [4.78, 5) is 143. The van der Waals surface area contributed by atoms with Crippen LogP contribution in [0.5, 0.6) is 0 Å². The molecule has 45 heteroatoms. The number of Topliss-reactive ketones (excluding diaryl/α,β-unsaturated/α-hetero) is 4. The SMILES string of the molecule is Brc1cccnc1.C.C.CC(=O)c1nn(CC(=O)N2CC[C@H]2C(=O)Nc2cccc(C)n2)c2ccc(-c3cccnc3)cc12.CC(=O)c1nn(CC(=O)O)c2ccc(-c3cccnc3)cc12.CC(=O)c1nn(CC(=O)OC(C)(C)C)c2ccc(-c3cccnc3)cc12.CC(=O)c1nn(CC(=O)OC(C)(C)C)c2ccc(B3OC(C)(C)C(C)(C)O3)cc12.Cc1cccc(NC(=O)[C@@H]2CCN2)c1.Cl.S.S=S.S=S=S.S=S=S=S. The lowest BCUT2D eigenvalue weighted by molar-refractivity contribution is -0.156. The molecule has 12 heterocycles. The number of esters is 2. The Morgan fingerprint density at radius 2 is 0.884 bits per heavy atom. The third kappa shape index (κ3) is 35.5. The Balaban J connectivity index is 0.000000312. The first kappa shape index (κ1) is 125. The van der Waals surface area contributed by atoms with Gasteiger partial charge in [0.2, 0.25) is 17.7 Å². The molecule has 3 saturated heterocycles. The van der Waals surface area contributed by atoms with Gasteiger partial charge in [0.05, 0.1) is 39.3 Å². The lowest BCUT2D eigenvalue weighted by Crippen LogP contribution is -2.57. The quantitative estimate of drug-likeness (QED) is 0.0313. The molecule has 0 radical (unpaired) electrons. The Morgan fingerprint density at radius 3 is 1.21 bits per heavy atom. The number of ether oxygens (including phenoxy) is 2. The van der Waals surface area contributed by atoms with Crippen molar-refractivity contribution >= 4 is 262 Å². The van der Waals surface area contributed by atoms with Gasteiger partial charge in [0.15, 0.2) is 23.1 Å². The van der Waals surface area contributed by atoms with Crippen molar-refractivity contribution in [1.29, 1.82) is 0 Å².